The summed E-state index contributed by atoms with van der Waals surface area (Å²) in [7, 11) is 2.15. The van der Waals surface area contributed by atoms with Gasteiger partial charge >= 0.3 is 0 Å². The molecule has 2 aliphatic heterocycles. The number of nitrogens with zero attached hydrogens (tertiary/aromatic N) is 2. The second-order valence-corrected chi connectivity index (χ2v) is 8.12. The third-order valence-electron chi connectivity index (χ3n) is 5.99. The van der Waals surface area contributed by atoms with E-state index in [9.17, 15) is 4.79 Å². The highest BCUT2D eigenvalue weighted by atomic mass is 16.5. The highest BCUT2D eigenvalue weighted by molar-refractivity contribution is 5.85. The SMILES string of the molecule is CN1CCC(CNC(=O)[C@]2(Cc3cc(-c4ccccc4)no3)CCCO2)CC1. The summed E-state index contributed by atoms with van der Waals surface area (Å²) in [6.45, 7) is 3.54. The average Bonchev–Trinajstić information content (AvgIpc) is 3.39. The van der Waals surface area contributed by atoms with Crippen LogP contribution in [0.15, 0.2) is 40.9 Å². The van der Waals surface area contributed by atoms with E-state index in [1.54, 1.807) is 0 Å². The zero-order chi connectivity index (χ0) is 19.4. The average molecular weight is 383 g/mol. The monoisotopic (exact) mass is 383 g/mol. The molecule has 2 fully saturated rings. The van der Waals surface area contributed by atoms with Crippen LogP contribution < -0.4 is 5.32 Å². The van der Waals surface area contributed by atoms with Gasteiger partial charge in [0.2, 0.25) is 0 Å². The molecule has 28 heavy (non-hydrogen) atoms. The van der Waals surface area contributed by atoms with Crippen LogP contribution in [-0.4, -0.2) is 54.9 Å². The molecule has 0 radical (unpaired) electrons. The summed E-state index contributed by atoms with van der Waals surface area (Å²) in [5.41, 5.74) is 0.958. The van der Waals surface area contributed by atoms with Gasteiger partial charge in [-0.1, -0.05) is 35.5 Å². The maximum Gasteiger partial charge on any atom is 0.252 e. The Balaban J connectivity index is 1.40. The minimum absolute atomic E-state index is 0.0124. The molecule has 1 aromatic heterocycles. The van der Waals surface area contributed by atoms with Crippen LogP contribution in [0, 0.1) is 5.92 Å². The summed E-state index contributed by atoms with van der Waals surface area (Å²) in [6, 6.07) is 11.8. The zero-order valence-electron chi connectivity index (χ0n) is 16.5. The molecule has 1 N–H and O–H groups in total. The molecule has 0 bridgehead atoms. The number of ether oxygens (including phenoxy) is 1. The molecule has 150 valence electrons. The molecule has 4 rings (SSSR count). The van der Waals surface area contributed by atoms with Crippen molar-refractivity contribution in [2.24, 2.45) is 5.92 Å². The van der Waals surface area contributed by atoms with E-state index in [-0.39, 0.29) is 5.91 Å². The quantitative estimate of drug-likeness (QED) is 0.831. The Bertz CT molecular complexity index is 775. The normalized spacial score (nSPS) is 23.8. The van der Waals surface area contributed by atoms with Gasteiger partial charge in [0.1, 0.15) is 11.5 Å². The zero-order valence-corrected chi connectivity index (χ0v) is 16.5. The largest absolute Gasteiger partial charge is 0.365 e. The van der Waals surface area contributed by atoms with E-state index in [1.807, 2.05) is 36.4 Å². The van der Waals surface area contributed by atoms with Crippen LogP contribution in [0.5, 0.6) is 0 Å². The number of nitrogens with one attached hydrogen (secondary N) is 1. The van der Waals surface area contributed by atoms with Crippen LogP contribution >= 0.6 is 0 Å². The molecule has 6 nitrogen and oxygen atoms in total. The number of piperidine rings is 1. The Morgan fingerprint density at radius 1 is 1.29 bits per heavy atom. The second-order valence-electron chi connectivity index (χ2n) is 8.12. The van der Waals surface area contributed by atoms with E-state index >= 15 is 0 Å². The van der Waals surface area contributed by atoms with E-state index in [4.69, 9.17) is 9.26 Å². The van der Waals surface area contributed by atoms with Crippen molar-refractivity contribution in [3.63, 3.8) is 0 Å². The number of aromatic nitrogens is 1. The van der Waals surface area contributed by atoms with E-state index in [2.05, 4.69) is 22.4 Å². The molecular weight excluding hydrogens is 354 g/mol. The van der Waals surface area contributed by atoms with E-state index in [0.717, 1.165) is 50.2 Å². The molecule has 1 aromatic carbocycles. The van der Waals surface area contributed by atoms with Gasteiger partial charge in [-0.3, -0.25) is 4.79 Å². The summed E-state index contributed by atoms with van der Waals surface area (Å²) in [4.78, 5) is 15.4. The molecule has 3 heterocycles. The predicted molar refractivity (Wildman–Crippen MR) is 107 cm³/mol. The van der Waals surface area contributed by atoms with Crippen molar-refractivity contribution in [2.45, 2.75) is 37.7 Å². The van der Waals surface area contributed by atoms with Gasteiger partial charge in [0.25, 0.3) is 5.91 Å². The number of likely N-dealkylation sites (tertiary alicyclic amines) is 1. The third kappa shape index (κ3) is 4.28. The van der Waals surface area contributed by atoms with Gasteiger partial charge in [-0.2, -0.15) is 0 Å². The molecular formula is C22H29N3O3. The van der Waals surface area contributed by atoms with Crippen LogP contribution in [0.25, 0.3) is 11.3 Å². The van der Waals surface area contributed by atoms with Gasteiger partial charge < -0.3 is 19.5 Å². The first kappa shape index (κ1) is 19.2. The lowest BCUT2D eigenvalue weighted by atomic mass is 9.92. The van der Waals surface area contributed by atoms with Gasteiger partial charge in [-0.15, -0.1) is 0 Å². The highest BCUT2D eigenvalue weighted by Gasteiger charge is 2.44. The number of rotatable bonds is 6. The Morgan fingerprint density at radius 2 is 2.07 bits per heavy atom. The lowest BCUT2D eigenvalue weighted by Crippen LogP contribution is -2.49. The molecule has 0 aliphatic carbocycles. The minimum atomic E-state index is -0.834. The maximum absolute atomic E-state index is 13.0. The van der Waals surface area contributed by atoms with Crippen LogP contribution in [0.1, 0.15) is 31.4 Å². The smallest absolute Gasteiger partial charge is 0.252 e. The van der Waals surface area contributed by atoms with Crippen LogP contribution in [0.4, 0.5) is 0 Å². The Labute approximate surface area is 166 Å². The number of carbonyl (C=O) groups excluding carboxylic acids is 1. The summed E-state index contributed by atoms with van der Waals surface area (Å²) >= 11 is 0. The Morgan fingerprint density at radius 3 is 2.79 bits per heavy atom. The number of amides is 1. The number of carbonyl (C=O) groups is 1. The molecule has 1 atom stereocenters. The first-order valence-electron chi connectivity index (χ1n) is 10.3. The molecule has 0 saturated carbocycles. The highest BCUT2D eigenvalue weighted by Crippen LogP contribution is 2.31. The lowest BCUT2D eigenvalue weighted by Gasteiger charge is -2.31. The first-order valence-corrected chi connectivity index (χ1v) is 10.3. The molecule has 2 aromatic rings. The summed E-state index contributed by atoms with van der Waals surface area (Å²) in [6.07, 6.45) is 4.29. The van der Waals surface area contributed by atoms with Gasteiger partial charge in [0, 0.05) is 31.2 Å². The van der Waals surface area contributed by atoms with Gasteiger partial charge in [0.15, 0.2) is 5.60 Å². The van der Waals surface area contributed by atoms with Gasteiger partial charge in [-0.25, -0.2) is 0 Å². The molecule has 2 saturated heterocycles. The molecule has 0 unspecified atom stereocenters. The van der Waals surface area contributed by atoms with Crippen molar-refractivity contribution in [1.29, 1.82) is 0 Å². The Kier molecular flexibility index (Phi) is 5.78. The molecule has 1 amide bonds. The van der Waals surface area contributed by atoms with Crippen molar-refractivity contribution < 1.29 is 14.1 Å². The molecule has 0 spiro atoms. The minimum Gasteiger partial charge on any atom is -0.365 e. The van der Waals surface area contributed by atoms with E-state index in [1.165, 1.54) is 0 Å². The third-order valence-corrected chi connectivity index (χ3v) is 5.99. The summed E-state index contributed by atoms with van der Waals surface area (Å²) in [5.74, 6) is 1.23. The van der Waals surface area contributed by atoms with Gasteiger partial charge in [0.05, 0.1) is 0 Å². The second kappa shape index (κ2) is 8.45. The predicted octanol–water partition coefficient (Wildman–Crippen LogP) is 2.89. The molecule has 6 heteroatoms. The van der Waals surface area contributed by atoms with Crippen molar-refractivity contribution in [3.8, 4) is 11.3 Å². The van der Waals surface area contributed by atoms with Crippen molar-refractivity contribution in [2.75, 3.05) is 33.3 Å². The standard InChI is InChI=1S/C22H29N3O3/c1-25-11-8-17(9-12-25)16-23-21(26)22(10-5-13-27-22)15-19-14-20(24-28-19)18-6-3-2-4-7-18/h2-4,6-7,14,17H,5,8-13,15-16H2,1H3,(H,23,26)/t22-/m1/s1. The van der Waals surface area contributed by atoms with Crippen molar-refractivity contribution in [1.82, 2.24) is 15.4 Å². The van der Waals surface area contributed by atoms with Crippen LogP contribution in [0.3, 0.4) is 0 Å². The van der Waals surface area contributed by atoms with Crippen molar-refractivity contribution in [3.05, 3.63) is 42.2 Å². The lowest BCUT2D eigenvalue weighted by molar-refractivity contribution is -0.142. The maximum atomic E-state index is 13.0. The van der Waals surface area contributed by atoms with E-state index in [0.29, 0.717) is 31.1 Å². The van der Waals surface area contributed by atoms with Crippen LogP contribution in [-0.2, 0) is 16.0 Å². The fourth-order valence-corrected chi connectivity index (χ4v) is 4.18. The fraction of sp³-hybridized carbons (Fsp3) is 0.545. The molecule has 2 aliphatic rings. The fourth-order valence-electron chi connectivity index (χ4n) is 4.18. The van der Waals surface area contributed by atoms with Crippen LogP contribution in [0.2, 0.25) is 0 Å². The van der Waals surface area contributed by atoms with Crippen molar-refractivity contribution >= 4 is 5.91 Å². The topological polar surface area (TPSA) is 67.6 Å². The summed E-state index contributed by atoms with van der Waals surface area (Å²) < 4.78 is 11.5. The Hall–Kier alpha value is -2.18. The van der Waals surface area contributed by atoms with E-state index < -0.39 is 5.60 Å². The number of hydrogen-bond donors (Lipinski definition) is 1. The first-order chi connectivity index (χ1) is 13.6. The number of benzene rings is 1. The number of hydrogen-bond acceptors (Lipinski definition) is 5. The van der Waals surface area contributed by atoms with Gasteiger partial charge in [-0.05, 0) is 51.7 Å². The summed E-state index contributed by atoms with van der Waals surface area (Å²) in [5, 5.41) is 7.34.